The Balaban J connectivity index is 0.000000146. The van der Waals surface area contributed by atoms with Crippen molar-refractivity contribution >= 4 is 0 Å². The van der Waals surface area contributed by atoms with Gasteiger partial charge in [0.25, 0.3) is 0 Å². The zero-order chi connectivity index (χ0) is 10.2. The Morgan fingerprint density at radius 3 is 0.929 bits per heavy atom. The normalized spacial score (nSPS) is 8.71. The lowest BCUT2D eigenvalue weighted by Gasteiger charge is -1.90. The van der Waals surface area contributed by atoms with Gasteiger partial charge in [0.2, 0.25) is 0 Å². The van der Waals surface area contributed by atoms with E-state index in [1.165, 1.54) is 11.1 Å². The third-order valence-corrected chi connectivity index (χ3v) is 1.88. The summed E-state index contributed by atoms with van der Waals surface area (Å²) < 4.78 is 0. The van der Waals surface area contributed by atoms with Gasteiger partial charge in [0.1, 0.15) is 0 Å². The fourth-order valence-corrected chi connectivity index (χ4v) is 1.02. The Morgan fingerprint density at radius 2 is 0.714 bits per heavy atom. The summed E-state index contributed by atoms with van der Waals surface area (Å²) in [4.78, 5) is 0. The maximum Gasteiger partial charge on any atom is -0.0398 e. The molecule has 0 amide bonds. The van der Waals surface area contributed by atoms with Gasteiger partial charge in [-0.05, 0) is 13.8 Å². The lowest BCUT2D eigenvalue weighted by Crippen LogP contribution is -1.70. The van der Waals surface area contributed by atoms with Crippen molar-refractivity contribution < 1.29 is 0 Å². The Bertz CT molecular complexity index is 284. The van der Waals surface area contributed by atoms with Crippen molar-refractivity contribution in [3.63, 3.8) is 0 Å². The van der Waals surface area contributed by atoms with E-state index in [4.69, 9.17) is 0 Å². The molecule has 0 nitrogen and oxygen atoms in total. The average molecular weight is 184 g/mol. The van der Waals surface area contributed by atoms with Crippen molar-refractivity contribution in [2.24, 2.45) is 0 Å². The molecule has 72 valence electrons. The minimum atomic E-state index is 1.33. The van der Waals surface area contributed by atoms with Crippen molar-refractivity contribution in [3.8, 4) is 0 Å². The summed E-state index contributed by atoms with van der Waals surface area (Å²) in [6.07, 6.45) is 0. The van der Waals surface area contributed by atoms with E-state index in [0.29, 0.717) is 0 Å². The van der Waals surface area contributed by atoms with E-state index in [-0.39, 0.29) is 0 Å². The quantitative estimate of drug-likeness (QED) is 0.580. The molecular formula is C14H16. The van der Waals surface area contributed by atoms with Gasteiger partial charge in [-0.2, -0.15) is 0 Å². The lowest BCUT2D eigenvalue weighted by molar-refractivity contribution is 1.40. The molecule has 0 fully saturated rings. The van der Waals surface area contributed by atoms with Crippen molar-refractivity contribution in [2.45, 2.75) is 13.8 Å². The molecular weight excluding hydrogens is 168 g/mol. The molecule has 0 bridgehead atoms. The van der Waals surface area contributed by atoms with E-state index in [9.17, 15) is 0 Å². The van der Waals surface area contributed by atoms with E-state index in [2.05, 4.69) is 38.1 Å². The van der Waals surface area contributed by atoms with Crippen molar-refractivity contribution in [3.05, 3.63) is 71.8 Å². The zero-order valence-corrected chi connectivity index (χ0v) is 8.77. The highest BCUT2D eigenvalue weighted by molar-refractivity contribution is 5.19. The van der Waals surface area contributed by atoms with Crippen LogP contribution in [0.25, 0.3) is 0 Å². The molecule has 2 aromatic rings. The van der Waals surface area contributed by atoms with Gasteiger partial charge in [-0.25, -0.2) is 0 Å². The van der Waals surface area contributed by atoms with Crippen LogP contribution in [-0.4, -0.2) is 0 Å². The molecule has 0 aliphatic heterocycles. The summed E-state index contributed by atoms with van der Waals surface area (Å²) in [5.41, 5.74) is 2.66. The Kier molecular flexibility index (Phi) is 4.49. The predicted molar refractivity (Wildman–Crippen MR) is 62.4 cm³/mol. The number of aryl methyl sites for hydroxylation is 2. The largest absolute Gasteiger partial charge is 0.0623 e. The Hall–Kier alpha value is -1.56. The van der Waals surface area contributed by atoms with E-state index in [1.807, 2.05) is 36.4 Å². The molecule has 0 aromatic heterocycles. The summed E-state index contributed by atoms with van der Waals surface area (Å²) in [6.45, 7) is 4.19. The minimum absolute atomic E-state index is 1.33. The van der Waals surface area contributed by atoms with Gasteiger partial charge in [-0.3, -0.25) is 0 Å². The maximum atomic E-state index is 2.12. The van der Waals surface area contributed by atoms with Crippen LogP contribution in [0.5, 0.6) is 0 Å². The molecule has 2 rings (SSSR count). The molecule has 0 saturated heterocycles. The van der Waals surface area contributed by atoms with Crippen LogP contribution >= 0.6 is 0 Å². The van der Waals surface area contributed by atoms with Crippen LogP contribution in [-0.2, 0) is 0 Å². The average Bonchev–Trinajstić information content (AvgIpc) is 2.26. The summed E-state index contributed by atoms with van der Waals surface area (Å²) in [7, 11) is 0. The molecule has 0 unspecified atom stereocenters. The van der Waals surface area contributed by atoms with Gasteiger partial charge >= 0.3 is 0 Å². The number of hydrogen-bond donors (Lipinski definition) is 0. The van der Waals surface area contributed by atoms with Gasteiger partial charge in [0.15, 0.2) is 0 Å². The van der Waals surface area contributed by atoms with Gasteiger partial charge < -0.3 is 0 Å². The molecule has 0 aliphatic rings. The molecule has 0 radical (unpaired) electrons. The first-order valence-corrected chi connectivity index (χ1v) is 4.82. The minimum Gasteiger partial charge on any atom is -0.0623 e. The standard InChI is InChI=1S/C8H10.C6H6/c1-7-3-5-8(2)6-4-7;1-2-4-6-5-3-1/h3-6H,1-2H3;1-6H. The third-order valence-electron chi connectivity index (χ3n) is 1.88. The van der Waals surface area contributed by atoms with Crippen LogP contribution in [0.2, 0.25) is 0 Å². The molecule has 0 saturated carbocycles. The third kappa shape index (κ3) is 4.46. The molecule has 0 heteroatoms. The van der Waals surface area contributed by atoms with Gasteiger partial charge in [-0.15, -0.1) is 0 Å². The highest BCUT2D eigenvalue weighted by Crippen LogP contribution is 1.99. The first kappa shape index (κ1) is 10.5. The van der Waals surface area contributed by atoms with Crippen LogP contribution < -0.4 is 0 Å². The topological polar surface area (TPSA) is 0 Å². The summed E-state index contributed by atoms with van der Waals surface area (Å²) >= 11 is 0. The summed E-state index contributed by atoms with van der Waals surface area (Å²) in [6, 6.07) is 20.5. The van der Waals surface area contributed by atoms with E-state index >= 15 is 0 Å². The monoisotopic (exact) mass is 184 g/mol. The number of hydrogen-bond acceptors (Lipinski definition) is 0. The molecule has 0 heterocycles. The first-order valence-electron chi connectivity index (χ1n) is 4.82. The molecule has 0 atom stereocenters. The van der Waals surface area contributed by atoms with Crippen LogP contribution in [0.1, 0.15) is 11.1 Å². The SMILES string of the molecule is Cc1ccc(C)cc1.c1ccccc1. The van der Waals surface area contributed by atoms with Crippen LogP contribution in [0, 0.1) is 13.8 Å². The van der Waals surface area contributed by atoms with Crippen LogP contribution in [0.3, 0.4) is 0 Å². The van der Waals surface area contributed by atoms with E-state index in [0.717, 1.165) is 0 Å². The fraction of sp³-hybridized carbons (Fsp3) is 0.143. The molecule has 0 aliphatic carbocycles. The molecule has 0 spiro atoms. The van der Waals surface area contributed by atoms with Gasteiger partial charge in [0, 0.05) is 0 Å². The second kappa shape index (κ2) is 5.98. The molecule has 2 aromatic carbocycles. The van der Waals surface area contributed by atoms with Crippen LogP contribution in [0.15, 0.2) is 60.7 Å². The Morgan fingerprint density at radius 1 is 0.500 bits per heavy atom. The highest BCUT2D eigenvalue weighted by Gasteiger charge is 1.79. The van der Waals surface area contributed by atoms with E-state index in [1.54, 1.807) is 0 Å². The van der Waals surface area contributed by atoms with Gasteiger partial charge in [0.05, 0.1) is 0 Å². The molecule has 14 heavy (non-hydrogen) atoms. The Labute approximate surface area is 86.2 Å². The second-order valence-corrected chi connectivity index (χ2v) is 3.31. The summed E-state index contributed by atoms with van der Waals surface area (Å²) in [5.74, 6) is 0. The predicted octanol–water partition coefficient (Wildman–Crippen LogP) is 3.99. The highest BCUT2D eigenvalue weighted by atomic mass is 13.9. The lowest BCUT2D eigenvalue weighted by atomic mass is 10.2. The van der Waals surface area contributed by atoms with Crippen molar-refractivity contribution in [2.75, 3.05) is 0 Å². The van der Waals surface area contributed by atoms with Crippen molar-refractivity contribution in [1.29, 1.82) is 0 Å². The van der Waals surface area contributed by atoms with Crippen LogP contribution in [0.4, 0.5) is 0 Å². The second-order valence-electron chi connectivity index (χ2n) is 3.31. The number of benzene rings is 2. The van der Waals surface area contributed by atoms with Gasteiger partial charge in [-0.1, -0.05) is 71.8 Å². The fourth-order valence-electron chi connectivity index (χ4n) is 1.02. The zero-order valence-electron chi connectivity index (χ0n) is 8.77. The van der Waals surface area contributed by atoms with E-state index < -0.39 is 0 Å². The first-order chi connectivity index (χ1) is 6.79. The smallest absolute Gasteiger partial charge is 0.0398 e. The van der Waals surface area contributed by atoms with Crippen molar-refractivity contribution in [1.82, 2.24) is 0 Å². The molecule has 0 N–H and O–H groups in total. The summed E-state index contributed by atoms with van der Waals surface area (Å²) in [5, 5.41) is 0. The maximum absolute atomic E-state index is 2.12. The number of rotatable bonds is 0.